The van der Waals surface area contributed by atoms with Gasteiger partial charge in [0.25, 0.3) is 5.91 Å². The normalized spacial score (nSPS) is 14.0. The Bertz CT molecular complexity index is 868. The summed E-state index contributed by atoms with van der Waals surface area (Å²) in [4.78, 5) is 21.2. The summed E-state index contributed by atoms with van der Waals surface area (Å²) in [5.74, 6) is -0.230. The van der Waals surface area contributed by atoms with Crippen molar-refractivity contribution in [1.82, 2.24) is 15.6 Å². The van der Waals surface area contributed by atoms with Crippen molar-refractivity contribution in [1.29, 1.82) is 5.26 Å². The van der Waals surface area contributed by atoms with E-state index in [1.54, 1.807) is 36.7 Å². The molecule has 1 aromatic heterocycles. The average Bonchev–Trinajstić information content (AvgIpc) is 2.61. The number of hydrogen-bond donors (Lipinski definition) is 3. The lowest BCUT2D eigenvalue weighted by Crippen LogP contribution is -2.71. The zero-order chi connectivity index (χ0) is 20.1. The third-order valence-electron chi connectivity index (χ3n) is 4.03. The molecule has 1 heterocycles. The van der Waals surface area contributed by atoms with Crippen LogP contribution in [0.25, 0.3) is 0 Å². The number of hydrogen-bond acceptors (Lipinski definition) is 5. The molecular formula is C19H21IN6O. The minimum absolute atomic E-state index is 0.129. The van der Waals surface area contributed by atoms with Crippen molar-refractivity contribution in [3.63, 3.8) is 0 Å². The standard InChI is InChI=1S/C19H21IN6O/c1-18(2,3)19(22,26-16(27)13-6-8-14(20)9-7-13)17(24-12-21)25-15-5-4-10-23-11-15/h4-11H,22H2,1-3H3,(H,24,25)(H,26,27)/t19-/m0/s1. The van der Waals surface area contributed by atoms with Crippen molar-refractivity contribution in [3.05, 3.63) is 57.9 Å². The summed E-state index contributed by atoms with van der Waals surface area (Å²) >= 11 is 2.17. The summed E-state index contributed by atoms with van der Waals surface area (Å²) in [6.07, 6.45) is 5.02. The minimum atomic E-state index is -1.43. The lowest BCUT2D eigenvalue weighted by Gasteiger charge is -2.42. The largest absolute Gasteiger partial charge is 0.327 e. The summed E-state index contributed by atoms with van der Waals surface area (Å²) in [6, 6.07) is 10.6. The van der Waals surface area contributed by atoms with Crippen LogP contribution in [-0.2, 0) is 0 Å². The molecule has 0 spiro atoms. The maximum atomic E-state index is 12.8. The molecule has 0 fully saturated rings. The summed E-state index contributed by atoms with van der Waals surface area (Å²) in [6.45, 7) is 5.58. The number of carbonyl (C=O) groups is 1. The third-order valence-corrected chi connectivity index (χ3v) is 4.75. The maximum Gasteiger partial charge on any atom is 0.253 e. The molecule has 0 radical (unpaired) electrons. The molecule has 1 atom stereocenters. The number of amides is 1. The fraction of sp³-hybridized carbons (Fsp3) is 0.263. The van der Waals surface area contributed by atoms with Crippen LogP contribution in [0.3, 0.4) is 0 Å². The predicted molar refractivity (Wildman–Crippen MR) is 113 cm³/mol. The Morgan fingerprint density at radius 2 is 1.93 bits per heavy atom. The van der Waals surface area contributed by atoms with Crippen LogP contribution in [0.15, 0.2) is 53.8 Å². The van der Waals surface area contributed by atoms with E-state index < -0.39 is 11.1 Å². The molecule has 1 amide bonds. The van der Waals surface area contributed by atoms with Gasteiger partial charge in [-0.3, -0.25) is 15.1 Å². The summed E-state index contributed by atoms with van der Waals surface area (Å²) in [5.41, 5.74) is 5.51. The van der Waals surface area contributed by atoms with E-state index in [2.05, 4.69) is 43.2 Å². The van der Waals surface area contributed by atoms with Gasteiger partial charge in [0.15, 0.2) is 17.7 Å². The summed E-state index contributed by atoms with van der Waals surface area (Å²) in [7, 11) is 0. The first-order chi connectivity index (χ1) is 12.7. The van der Waals surface area contributed by atoms with Crippen LogP contribution in [0, 0.1) is 20.4 Å². The van der Waals surface area contributed by atoms with Gasteiger partial charge in [-0.25, -0.2) is 4.99 Å². The number of aromatic nitrogens is 1. The lowest BCUT2D eigenvalue weighted by atomic mass is 9.79. The van der Waals surface area contributed by atoms with E-state index in [1.165, 1.54) is 0 Å². The predicted octanol–water partition coefficient (Wildman–Crippen LogP) is 2.92. The number of nitrogens with zero attached hydrogens (tertiary/aromatic N) is 3. The van der Waals surface area contributed by atoms with Gasteiger partial charge in [-0.2, -0.15) is 5.26 Å². The highest BCUT2D eigenvalue weighted by molar-refractivity contribution is 14.1. The van der Waals surface area contributed by atoms with Crippen LogP contribution < -0.4 is 16.4 Å². The topological polar surface area (TPSA) is 116 Å². The molecule has 0 saturated heterocycles. The fourth-order valence-electron chi connectivity index (χ4n) is 2.27. The van der Waals surface area contributed by atoms with E-state index in [-0.39, 0.29) is 11.7 Å². The van der Waals surface area contributed by atoms with E-state index >= 15 is 0 Å². The van der Waals surface area contributed by atoms with Gasteiger partial charge in [-0.1, -0.05) is 20.8 Å². The molecule has 27 heavy (non-hydrogen) atoms. The Morgan fingerprint density at radius 1 is 1.26 bits per heavy atom. The monoisotopic (exact) mass is 476 g/mol. The number of amidine groups is 1. The zero-order valence-corrected chi connectivity index (χ0v) is 17.5. The van der Waals surface area contributed by atoms with Crippen LogP contribution in [0.5, 0.6) is 0 Å². The maximum absolute atomic E-state index is 12.8. The van der Waals surface area contributed by atoms with Crippen LogP contribution in [0.4, 0.5) is 5.69 Å². The van der Waals surface area contributed by atoms with Gasteiger partial charge in [0.1, 0.15) is 0 Å². The van der Waals surface area contributed by atoms with Gasteiger partial charge in [0.05, 0.1) is 11.9 Å². The molecule has 2 rings (SSSR count). The van der Waals surface area contributed by atoms with Crippen molar-refractivity contribution < 1.29 is 4.79 Å². The van der Waals surface area contributed by atoms with Crippen molar-refractivity contribution in [2.75, 3.05) is 0 Å². The fourth-order valence-corrected chi connectivity index (χ4v) is 2.63. The molecule has 140 valence electrons. The number of pyridine rings is 1. The van der Waals surface area contributed by atoms with Gasteiger partial charge in [0, 0.05) is 20.7 Å². The average molecular weight is 476 g/mol. The lowest BCUT2D eigenvalue weighted by molar-refractivity contribution is 0.0865. The van der Waals surface area contributed by atoms with Crippen LogP contribution >= 0.6 is 22.6 Å². The molecule has 8 heteroatoms. The Kier molecular flexibility index (Phi) is 6.51. The second-order valence-corrected chi connectivity index (χ2v) is 8.17. The number of aliphatic imine (C=N–C) groups is 1. The number of nitrogens with two attached hydrogens (primary N) is 1. The molecule has 4 N–H and O–H groups in total. The van der Waals surface area contributed by atoms with Gasteiger partial charge < -0.3 is 11.1 Å². The number of nitrogens with one attached hydrogen (secondary N) is 2. The summed E-state index contributed by atoms with van der Waals surface area (Å²) in [5, 5.41) is 14.6. The molecule has 2 aromatic rings. The first-order valence-corrected chi connectivity index (χ1v) is 9.26. The van der Waals surface area contributed by atoms with Crippen molar-refractivity contribution in [2.45, 2.75) is 26.4 Å². The minimum Gasteiger partial charge on any atom is -0.327 e. The van der Waals surface area contributed by atoms with Crippen molar-refractivity contribution >= 4 is 40.0 Å². The van der Waals surface area contributed by atoms with E-state index in [0.717, 1.165) is 3.57 Å². The smallest absolute Gasteiger partial charge is 0.253 e. The second-order valence-electron chi connectivity index (χ2n) is 6.93. The Labute approximate surface area is 172 Å². The second kappa shape index (κ2) is 8.45. The van der Waals surface area contributed by atoms with E-state index in [1.807, 2.05) is 39.1 Å². The van der Waals surface area contributed by atoms with E-state index in [0.29, 0.717) is 11.3 Å². The molecule has 0 aliphatic carbocycles. The van der Waals surface area contributed by atoms with Crippen LogP contribution in [0.1, 0.15) is 31.1 Å². The molecule has 0 bridgehead atoms. The number of halogens is 1. The van der Waals surface area contributed by atoms with Crippen LogP contribution in [-0.4, -0.2) is 22.4 Å². The highest BCUT2D eigenvalue weighted by Crippen LogP contribution is 2.28. The number of nitriles is 1. The number of rotatable bonds is 4. The third kappa shape index (κ3) is 5.02. The number of benzene rings is 1. The molecule has 0 saturated carbocycles. The molecule has 7 nitrogen and oxygen atoms in total. The molecular weight excluding hydrogens is 455 g/mol. The Morgan fingerprint density at radius 3 is 2.44 bits per heavy atom. The highest BCUT2D eigenvalue weighted by atomic mass is 127. The molecule has 0 aliphatic heterocycles. The van der Waals surface area contributed by atoms with Crippen LogP contribution in [0.2, 0.25) is 0 Å². The molecule has 1 aromatic carbocycles. The Hall–Kier alpha value is -2.51. The van der Waals surface area contributed by atoms with Gasteiger partial charge in [-0.05, 0) is 59.0 Å². The van der Waals surface area contributed by atoms with Gasteiger partial charge in [-0.15, -0.1) is 0 Å². The molecule has 0 unspecified atom stereocenters. The Balaban J connectivity index is 2.47. The number of carbonyl (C=O) groups excluding carboxylic acids is 1. The quantitative estimate of drug-likeness (QED) is 0.157. The highest BCUT2D eigenvalue weighted by Gasteiger charge is 2.45. The SMILES string of the molecule is CC(C)(C)[C@@](N)(NC(=O)c1ccc(I)cc1)C(=Nc1cccnc1)NC#N. The van der Waals surface area contributed by atoms with Crippen molar-refractivity contribution in [3.8, 4) is 6.19 Å². The van der Waals surface area contributed by atoms with Crippen molar-refractivity contribution in [2.24, 2.45) is 16.1 Å². The van der Waals surface area contributed by atoms with Gasteiger partial charge >= 0.3 is 0 Å². The van der Waals surface area contributed by atoms with E-state index in [4.69, 9.17) is 5.73 Å². The van der Waals surface area contributed by atoms with E-state index in [9.17, 15) is 10.1 Å². The first kappa shape index (κ1) is 20.8. The van der Waals surface area contributed by atoms with Gasteiger partial charge in [0.2, 0.25) is 0 Å². The summed E-state index contributed by atoms with van der Waals surface area (Å²) < 4.78 is 1.02. The first-order valence-electron chi connectivity index (χ1n) is 8.18. The molecule has 0 aliphatic rings. The zero-order valence-electron chi connectivity index (χ0n) is 15.3.